The van der Waals surface area contributed by atoms with Gasteiger partial charge in [-0.15, -0.1) is 0 Å². The molecule has 0 aromatic carbocycles. The Kier molecular flexibility index (Phi) is 72.9. The molecule has 13 unspecified atom stereocenters. The first-order chi connectivity index (χ1) is 64.4. The zero-order chi connectivity index (χ0) is 99.8. The van der Waals surface area contributed by atoms with Crippen LogP contribution in [0.3, 0.4) is 0 Å². The number of phosphoric acid groups is 3. The van der Waals surface area contributed by atoms with Crippen molar-refractivity contribution in [3.05, 3.63) is 12.2 Å². The van der Waals surface area contributed by atoms with E-state index in [1.54, 1.807) is 0 Å². The number of ether oxygens (including phenoxy) is 20. The van der Waals surface area contributed by atoms with Gasteiger partial charge in [-0.1, -0.05) is 0 Å². The fraction of sp³-hybridized carbons (Fsp3) is 0.882. The maximum absolute atomic E-state index is 14.0. The smallest absolute Gasteiger partial charge is 0.390 e. The topological polar surface area (TPSA) is 790 Å². The number of imide groups is 1. The average Bonchev–Trinajstić information content (AvgIpc) is 1.66. The van der Waals surface area contributed by atoms with E-state index in [0.717, 1.165) is 17.1 Å². The minimum Gasteiger partial charge on any atom is -0.390 e. The molecule has 56 nitrogen and oxygen atoms in total. The van der Waals surface area contributed by atoms with E-state index in [4.69, 9.17) is 124 Å². The maximum Gasteiger partial charge on any atom is 0.469 e. The first-order valence-electron chi connectivity index (χ1n) is 43.7. The molecule has 0 saturated carbocycles. The van der Waals surface area contributed by atoms with Crippen LogP contribution in [0.15, 0.2) is 12.2 Å². The number of amides is 7. The van der Waals surface area contributed by atoms with E-state index in [2.05, 4.69) is 40.2 Å². The Bertz CT molecular complexity index is 3150. The second-order valence-corrected chi connectivity index (χ2v) is 32.9. The summed E-state index contributed by atoms with van der Waals surface area (Å²) in [7, 11) is -14.6. The number of phosphoric ester groups is 3. The van der Waals surface area contributed by atoms with Gasteiger partial charge in [-0.25, -0.2) is 13.7 Å². The fourth-order valence-corrected chi connectivity index (χ4v) is 12.4. The second-order valence-electron chi connectivity index (χ2n) is 29.2. The first-order valence-corrected chi connectivity index (χ1v) is 48.3. The summed E-state index contributed by atoms with van der Waals surface area (Å²) in [6, 6.07) is 0. The van der Waals surface area contributed by atoms with Crippen molar-refractivity contribution in [2.24, 2.45) is 0 Å². The number of nitrogens with zero attached hydrogens (tertiary/aromatic N) is 1. The molecule has 59 heteroatoms. The number of aliphatic hydroxyl groups excluding tert-OH is 11. The Morgan fingerprint density at radius 2 is 0.622 bits per heavy atom. The average molecular weight is 2030 g/mol. The van der Waals surface area contributed by atoms with Crippen molar-refractivity contribution < 1.29 is 241 Å². The van der Waals surface area contributed by atoms with E-state index in [9.17, 15) is 103 Å². The Morgan fingerprint density at radius 3 is 0.933 bits per heavy atom. The zero-order valence-electron chi connectivity index (χ0n) is 75.5. The summed E-state index contributed by atoms with van der Waals surface area (Å²) < 4.78 is 155. The summed E-state index contributed by atoms with van der Waals surface area (Å²) in [4.78, 5) is 144. The van der Waals surface area contributed by atoms with Crippen LogP contribution in [0.1, 0.15) is 64.2 Å². The van der Waals surface area contributed by atoms with Crippen molar-refractivity contribution in [1.82, 2.24) is 31.5 Å². The standard InChI is InChI=1S/C76H143N6O50P3/c83-56(7-19-129-133(101,102)103)66(92)70(96)73(99)126-52-49-123-46-43-120-40-37-117-31-26-111-21-13-77-59(85)3-10-76(81-63(89)9-18-110-25-30-115-35-36-116-34-29-114-24-16-80-62(88)6-17-82-64(90)1-2-65(82)91,11-4-60(86)78-14-22-112-27-32-118-38-41-121-44-47-124-50-53-127-74(100)71(97)67(93)57(84)8-20-130-134(104,105)106)12-5-61(87)79-15-23-113-28-33-119-39-42-122-45-48-125-51-54-128-75-72(98)69(95)68(94)58(132-75)55-131-135(107,108)109/h1-2,56-58,66-75,83-84,92-100H,3-55H2,(H,77,85)(H,78,86)(H,79,87)(H,80,88)(H,81,89)(H2,101,102,103)(H2,104,105,106)(H2,107,108,109). The van der Waals surface area contributed by atoms with Crippen molar-refractivity contribution in [2.75, 3.05) is 284 Å². The molecule has 7 amide bonds. The van der Waals surface area contributed by atoms with Gasteiger partial charge in [-0.2, -0.15) is 0 Å². The van der Waals surface area contributed by atoms with E-state index >= 15 is 0 Å². The van der Waals surface area contributed by atoms with E-state index in [1.807, 2.05) is 0 Å². The summed E-state index contributed by atoms with van der Waals surface area (Å²) in [6.07, 6.45) is -22.7. The number of carbonyl (C=O) groups excluding carboxylic acids is 7. The molecule has 13 atom stereocenters. The predicted octanol–water partition coefficient (Wildman–Crippen LogP) is -9.61. The van der Waals surface area contributed by atoms with E-state index in [1.165, 1.54) is 0 Å². The van der Waals surface area contributed by atoms with Gasteiger partial charge in [-0.05, 0) is 32.1 Å². The molecule has 2 aliphatic heterocycles. The first kappa shape index (κ1) is 126. The van der Waals surface area contributed by atoms with Gasteiger partial charge in [0.05, 0.1) is 263 Å². The lowest BCUT2D eigenvalue weighted by Crippen LogP contribution is -2.59. The Hall–Kier alpha value is -4.68. The number of rotatable bonds is 93. The van der Waals surface area contributed by atoms with Gasteiger partial charge in [0.15, 0.2) is 18.9 Å². The van der Waals surface area contributed by atoms with Crippen LogP contribution in [0.25, 0.3) is 0 Å². The highest BCUT2D eigenvalue weighted by atomic mass is 31.2. The van der Waals surface area contributed by atoms with Crippen LogP contribution < -0.4 is 26.6 Å². The third-order valence-corrected chi connectivity index (χ3v) is 20.1. The van der Waals surface area contributed by atoms with Crippen molar-refractivity contribution >= 4 is 64.8 Å². The monoisotopic (exact) mass is 2030 g/mol. The van der Waals surface area contributed by atoms with Gasteiger partial charge in [0, 0.05) is 82.5 Å². The highest BCUT2D eigenvalue weighted by Crippen LogP contribution is 2.38. The third-order valence-electron chi connectivity index (χ3n) is 18.6. The molecule has 0 aromatic rings. The lowest BCUT2D eigenvalue weighted by molar-refractivity contribution is -0.301. The van der Waals surface area contributed by atoms with Crippen LogP contribution >= 0.6 is 23.5 Å². The summed E-state index contributed by atoms with van der Waals surface area (Å²) in [6.45, 7) is 1.79. The SMILES string of the molecule is O=C(CCN1C(=O)C=CC1=O)NCCOCCOCCOCCOCCC(=O)NC(CCC(=O)NCCOCCOCCOCCOCCOC(O)C(O)C(O)C(O)CCOP(=O)(O)O)(CCC(=O)NCCOCCOCCOCCOCCOC(O)C(O)C(O)C(O)CCOP(=O)(O)O)CCC(=O)NCCOCCOCCOCCOCCOC1OC(COP(=O)(O)O)C(O)C(O)C1O. The number of hydrogen-bond acceptors (Lipinski definition) is 44. The molecule has 0 aromatic heterocycles. The minimum atomic E-state index is -4.93. The van der Waals surface area contributed by atoms with Gasteiger partial charge in [0.25, 0.3) is 11.8 Å². The fourth-order valence-electron chi connectivity index (χ4n) is 11.4. The Labute approximate surface area is 780 Å². The van der Waals surface area contributed by atoms with Gasteiger partial charge in [-0.3, -0.25) is 52.0 Å². The van der Waals surface area contributed by atoms with E-state index < -0.39 is 177 Å². The van der Waals surface area contributed by atoms with E-state index in [-0.39, 0.29) is 321 Å². The van der Waals surface area contributed by atoms with Crippen LogP contribution in [-0.2, 0) is 156 Å². The molecule has 0 bridgehead atoms. The quantitative estimate of drug-likeness (QED) is 0.0116. The third kappa shape index (κ3) is 68.2. The molecule has 135 heavy (non-hydrogen) atoms. The molecular weight excluding hydrogens is 1890 g/mol. The number of hydrogen-bond donors (Lipinski definition) is 22. The van der Waals surface area contributed by atoms with Crippen molar-refractivity contribution in [2.45, 2.75) is 150 Å². The van der Waals surface area contributed by atoms with Crippen LogP contribution in [0.5, 0.6) is 0 Å². The van der Waals surface area contributed by atoms with Gasteiger partial charge in [0.2, 0.25) is 29.5 Å². The van der Waals surface area contributed by atoms with Gasteiger partial charge < -0.3 is 207 Å². The van der Waals surface area contributed by atoms with Gasteiger partial charge >= 0.3 is 23.5 Å². The lowest BCUT2D eigenvalue weighted by atomic mass is 9.83. The number of nitrogens with one attached hydrogen (secondary N) is 5. The minimum absolute atomic E-state index is 0.00689. The zero-order valence-corrected chi connectivity index (χ0v) is 78.2. The van der Waals surface area contributed by atoms with Crippen LogP contribution in [0, 0.1) is 0 Å². The maximum atomic E-state index is 14.0. The highest BCUT2D eigenvalue weighted by Gasteiger charge is 2.45. The Morgan fingerprint density at radius 1 is 0.341 bits per heavy atom. The predicted molar refractivity (Wildman–Crippen MR) is 455 cm³/mol. The summed E-state index contributed by atoms with van der Waals surface area (Å²) in [5.41, 5.74) is -1.34. The number of aliphatic hydroxyl groups is 11. The van der Waals surface area contributed by atoms with Crippen LogP contribution in [0.4, 0.5) is 0 Å². The molecular formula is C76H143N6O50P3. The molecule has 0 radical (unpaired) electrons. The van der Waals surface area contributed by atoms with Gasteiger partial charge in [0.1, 0.15) is 48.8 Å². The Balaban J connectivity index is 1.96. The molecule has 1 fully saturated rings. The molecule has 2 heterocycles. The molecule has 792 valence electrons. The lowest BCUT2D eigenvalue weighted by Gasteiger charge is -2.40. The van der Waals surface area contributed by atoms with Crippen LogP contribution in [0.2, 0.25) is 0 Å². The van der Waals surface area contributed by atoms with Crippen LogP contribution in [-0.4, -0.2) is 501 Å². The van der Waals surface area contributed by atoms with Crippen molar-refractivity contribution in [1.29, 1.82) is 0 Å². The van der Waals surface area contributed by atoms with E-state index in [0.29, 0.717) is 0 Å². The highest BCUT2D eigenvalue weighted by molar-refractivity contribution is 7.46. The molecule has 2 rings (SSSR count). The summed E-state index contributed by atoms with van der Waals surface area (Å²) in [5.74, 6) is -3.16. The van der Waals surface area contributed by atoms with Crippen molar-refractivity contribution in [3.63, 3.8) is 0 Å². The largest absolute Gasteiger partial charge is 0.469 e. The van der Waals surface area contributed by atoms with Crippen molar-refractivity contribution in [3.8, 4) is 0 Å². The summed E-state index contributed by atoms with van der Waals surface area (Å²) in [5, 5.41) is 125. The molecule has 22 N–H and O–H groups in total. The molecule has 0 aliphatic carbocycles. The second kappa shape index (κ2) is 77.9. The number of carbonyl (C=O) groups is 7. The molecule has 1 saturated heterocycles. The molecule has 2 aliphatic rings. The summed E-state index contributed by atoms with van der Waals surface area (Å²) >= 11 is 0. The molecule has 0 spiro atoms. The normalized spacial score (nSPS) is 18.3.